The molecule has 0 atom stereocenters. The van der Waals surface area contributed by atoms with Crippen molar-refractivity contribution in [1.82, 2.24) is 10.3 Å². The summed E-state index contributed by atoms with van der Waals surface area (Å²) in [5.41, 5.74) is -9.37. The smallest absolute Gasteiger partial charge is 0.430 e. The molecule has 14 heteroatoms. The predicted octanol–water partition coefficient (Wildman–Crippen LogP) is 5.73. The maximum Gasteiger partial charge on any atom is 0.430 e. The van der Waals surface area contributed by atoms with Gasteiger partial charge in [-0.15, -0.1) is 11.3 Å². The zero-order valence-electron chi connectivity index (χ0n) is 21.9. The molecule has 0 fully saturated rings. The minimum absolute atomic E-state index is 0.0223. The van der Waals surface area contributed by atoms with Gasteiger partial charge in [-0.05, 0) is 45.4 Å². The number of hydrogen-bond donors (Lipinski definition) is 3. The van der Waals surface area contributed by atoms with Crippen molar-refractivity contribution in [1.29, 1.82) is 0 Å². The highest BCUT2D eigenvalue weighted by Gasteiger charge is 2.71. The van der Waals surface area contributed by atoms with Gasteiger partial charge < -0.3 is 20.3 Å². The SMILES string of the molecule is CC(C)(O)CNC(=O)c1nc(C(=O)OC(C)(C)C)c(-c2ccc(C(O)(C(F)(F)F)C(F)(F)F)c3ccccc23)s1. The molecule has 2 aromatic carbocycles. The molecule has 0 aliphatic heterocycles. The normalized spacial score (nSPS) is 13.4. The van der Waals surface area contributed by atoms with Gasteiger partial charge in [0.25, 0.3) is 11.5 Å². The summed E-state index contributed by atoms with van der Waals surface area (Å²) in [6, 6.07) is 6.10. The van der Waals surface area contributed by atoms with Crippen molar-refractivity contribution in [2.75, 3.05) is 6.54 Å². The van der Waals surface area contributed by atoms with E-state index in [-0.39, 0.29) is 27.4 Å². The van der Waals surface area contributed by atoms with Crippen LogP contribution in [0.15, 0.2) is 36.4 Å². The van der Waals surface area contributed by atoms with Crippen LogP contribution < -0.4 is 5.32 Å². The Morgan fingerprint density at radius 1 is 0.900 bits per heavy atom. The van der Waals surface area contributed by atoms with Crippen molar-refractivity contribution < 1.29 is 50.9 Å². The van der Waals surface area contributed by atoms with E-state index in [4.69, 9.17) is 4.74 Å². The Balaban J connectivity index is 2.30. The van der Waals surface area contributed by atoms with Crippen molar-refractivity contribution >= 4 is 34.0 Å². The zero-order chi connectivity index (χ0) is 30.5. The molecule has 0 bridgehead atoms. The summed E-state index contributed by atoms with van der Waals surface area (Å²) < 4.78 is 87.6. The Morgan fingerprint density at radius 3 is 1.95 bits per heavy atom. The third-order valence-corrected chi connectivity index (χ3v) is 6.56. The minimum Gasteiger partial charge on any atom is -0.455 e. The number of alkyl halides is 6. The standard InChI is InChI=1S/C26H26F6N2O5S/c1-22(2,3)39-21(36)17-18(40-20(34-17)19(35)33-12-23(4,5)37)15-10-11-16(14-9-7-6-8-13(14)15)24(38,25(27,28)29)26(30,31)32/h6-11,37-38H,12H2,1-5H3,(H,33,35). The lowest BCUT2D eigenvalue weighted by molar-refractivity contribution is -0.375. The van der Waals surface area contributed by atoms with Gasteiger partial charge in [0, 0.05) is 17.7 Å². The molecule has 1 aromatic heterocycles. The predicted molar refractivity (Wildman–Crippen MR) is 135 cm³/mol. The molecule has 0 unspecified atom stereocenters. The lowest BCUT2D eigenvalue weighted by atomic mass is 9.86. The van der Waals surface area contributed by atoms with Crippen LogP contribution in [-0.2, 0) is 10.3 Å². The first-order chi connectivity index (χ1) is 18.1. The van der Waals surface area contributed by atoms with Crippen LogP contribution in [0.25, 0.3) is 21.2 Å². The number of carbonyl (C=O) groups excluding carboxylic acids is 2. The summed E-state index contributed by atoms with van der Waals surface area (Å²) in [5, 5.41) is 21.4. The van der Waals surface area contributed by atoms with Crippen LogP contribution >= 0.6 is 11.3 Å². The van der Waals surface area contributed by atoms with Crippen LogP contribution in [0.4, 0.5) is 26.3 Å². The maximum absolute atomic E-state index is 13.7. The fourth-order valence-electron chi connectivity index (χ4n) is 3.72. The lowest BCUT2D eigenvalue weighted by Crippen LogP contribution is -2.54. The maximum atomic E-state index is 13.7. The third kappa shape index (κ3) is 6.23. The van der Waals surface area contributed by atoms with Crippen LogP contribution in [0.1, 0.15) is 60.5 Å². The number of aliphatic hydroxyl groups is 2. The second kappa shape index (κ2) is 10.3. The van der Waals surface area contributed by atoms with Gasteiger partial charge in [0.2, 0.25) is 0 Å². The number of aromatic nitrogens is 1. The average Bonchev–Trinajstić information content (AvgIpc) is 3.24. The number of ether oxygens (including phenoxy) is 1. The number of fused-ring (bicyclic) bond motifs is 1. The van der Waals surface area contributed by atoms with E-state index in [1.165, 1.54) is 32.0 Å². The number of amides is 1. The molecule has 1 heterocycles. The fourth-order valence-corrected chi connectivity index (χ4v) is 4.72. The largest absolute Gasteiger partial charge is 0.455 e. The molecular weight excluding hydrogens is 566 g/mol. The minimum atomic E-state index is -6.12. The van der Waals surface area contributed by atoms with Crippen molar-refractivity contribution in [2.45, 2.75) is 63.8 Å². The monoisotopic (exact) mass is 592 g/mol. The summed E-state index contributed by atoms with van der Waals surface area (Å²) in [4.78, 5) is 29.8. The molecule has 0 spiro atoms. The number of esters is 1. The molecule has 0 saturated heterocycles. The second-order valence-electron chi connectivity index (χ2n) is 10.6. The van der Waals surface area contributed by atoms with E-state index >= 15 is 0 Å². The van der Waals surface area contributed by atoms with E-state index in [9.17, 15) is 46.1 Å². The second-order valence-corrected chi connectivity index (χ2v) is 11.6. The molecule has 0 radical (unpaired) electrons. The molecule has 3 N–H and O–H groups in total. The highest BCUT2D eigenvalue weighted by Crippen LogP contribution is 2.52. The van der Waals surface area contributed by atoms with Crippen LogP contribution in [-0.4, -0.2) is 57.2 Å². The van der Waals surface area contributed by atoms with Gasteiger partial charge in [-0.2, -0.15) is 26.3 Å². The molecule has 3 aromatic rings. The van der Waals surface area contributed by atoms with Crippen LogP contribution in [0, 0.1) is 0 Å². The first-order valence-corrected chi connectivity index (χ1v) is 12.5. The van der Waals surface area contributed by atoms with Crippen molar-refractivity contribution in [3.8, 4) is 10.4 Å². The van der Waals surface area contributed by atoms with Crippen molar-refractivity contribution in [3.63, 3.8) is 0 Å². The van der Waals surface area contributed by atoms with Gasteiger partial charge in [-0.1, -0.05) is 36.4 Å². The summed E-state index contributed by atoms with van der Waals surface area (Å²) in [5.74, 6) is -1.77. The first-order valence-electron chi connectivity index (χ1n) is 11.7. The number of carbonyl (C=O) groups is 2. The summed E-state index contributed by atoms with van der Waals surface area (Å²) in [7, 11) is 0. The molecule has 40 heavy (non-hydrogen) atoms. The molecule has 0 aliphatic carbocycles. The lowest BCUT2D eigenvalue weighted by Gasteiger charge is -2.33. The molecule has 3 rings (SSSR count). The van der Waals surface area contributed by atoms with Crippen molar-refractivity contribution in [3.05, 3.63) is 52.7 Å². The molecule has 218 valence electrons. The zero-order valence-corrected chi connectivity index (χ0v) is 22.7. The van der Waals surface area contributed by atoms with Gasteiger partial charge in [-0.25, -0.2) is 9.78 Å². The molecule has 1 amide bonds. The number of hydrogen-bond acceptors (Lipinski definition) is 7. The highest BCUT2D eigenvalue weighted by atomic mass is 32.1. The van der Waals surface area contributed by atoms with Crippen LogP contribution in [0.5, 0.6) is 0 Å². The number of rotatable bonds is 6. The Bertz CT molecular complexity index is 1420. The van der Waals surface area contributed by atoms with Gasteiger partial charge in [0.05, 0.1) is 10.5 Å². The van der Waals surface area contributed by atoms with E-state index in [0.29, 0.717) is 17.4 Å². The summed E-state index contributed by atoms with van der Waals surface area (Å²) in [6.07, 6.45) is -12.2. The topological polar surface area (TPSA) is 109 Å². The van der Waals surface area contributed by atoms with E-state index in [0.717, 1.165) is 12.1 Å². The Kier molecular flexibility index (Phi) is 8.07. The number of nitrogens with one attached hydrogen (secondary N) is 1. The van der Waals surface area contributed by atoms with E-state index in [2.05, 4.69) is 10.3 Å². The highest BCUT2D eigenvalue weighted by molar-refractivity contribution is 7.17. The number of halogens is 6. The number of benzene rings is 2. The molecule has 0 saturated carbocycles. The quantitative estimate of drug-likeness (QED) is 0.249. The fraction of sp³-hybridized carbons (Fsp3) is 0.423. The average molecular weight is 593 g/mol. The summed E-state index contributed by atoms with van der Waals surface area (Å²) in [6.45, 7) is 7.37. The van der Waals surface area contributed by atoms with E-state index in [1.54, 1.807) is 20.8 Å². The Labute approximate surface area is 228 Å². The van der Waals surface area contributed by atoms with Gasteiger partial charge >= 0.3 is 18.3 Å². The molecular formula is C26H26F6N2O5S. The van der Waals surface area contributed by atoms with Crippen molar-refractivity contribution in [2.24, 2.45) is 0 Å². The van der Waals surface area contributed by atoms with E-state index < -0.39 is 57.7 Å². The molecule has 7 nitrogen and oxygen atoms in total. The molecule has 0 aliphatic rings. The van der Waals surface area contributed by atoms with Gasteiger partial charge in [-0.3, -0.25) is 4.79 Å². The van der Waals surface area contributed by atoms with Crippen LogP contribution in [0.2, 0.25) is 0 Å². The summed E-state index contributed by atoms with van der Waals surface area (Å²) >= 11 is 0.652. The Morgan fingerprint density at radius 2 is 1.45 bits per heavy atom. The number of thiazole rings is 1. The van der Waals surface area contributed by atoms with Gasteiger partial charge in [0.1, 0.15) is 5.60 Å². The first kappa shape index (κ1) is 31.3. The van der Waals surface area contributed by atoms with E-state index in [1.807, 2.05) is 0 Å². The Hall–Kier alpha value is -3.23. The number of nitrogens with zero attached hydrogens (tertiary/aromatic N) is 1. The van der Waals surface area contributed by atoms with Crippen LogP contribution in [0.3, 0.4) is 0 Å². The van der Waals surface area contributed by atoms with Gasteiger partial charge in [0.15, 0.2) is 10.7 Å². The third-order valence-electron chi connectivity index (χ3n) is 5.47.